The Labute approximate surface area is 281 Å². The van der Waals surface area contributed by atoms with E-state index < -0.39 is 5.60 Å². The molecule has 3 aliphatic heterocycles. The van der Waals surface area contributed by atoms with Gasteiger partial charge in [0.1, 0.15) is 28.9 Å². The molecule has 3 aliphatic rings. The first-order chi connectivity index (χ1) is 23.3. The Morgan fingerprint density at radius 3 is 2.38 bits per heavy atom. The quantitative estimate of drug-likeness (QED) is 0.256. The number of aromatic nitrogens is 5. The highest BCUT2D eigenvalue weighted by Gasteiger charge is 2.25. The minimum Gasteiger partial charge on any atom is -0.444 e. The molecule has 1 unspecified atom stereocenters. The topological polar surface area (TPSA) is 132 Å². The number of nitrogens with one attached hydrogen (secondary N) is 2. The Hall–Kier alpha value is -4.49. The van der Waals surface area contributed by atoms with E-state index in [9.17, 15) is 4.79 Å². The van der Waals surface area contributed by atoms with Gasteiger partial charge in [-0.1, -0.05) is 0 Å². The van der Waals surface area contributed by atoms with Crippen molar-refractivity contribution in [2.75, 3.05) is 61.1 Å². The molecule has 3 aromatic heterocycles. The molecule has 0 radical (unpaired) electrons. The summed E-state index contributed by atoms with van der Waals surface area (Å²) in [7, 11) is 0. The third-order valence-corrected chi connectivity index (χ3v) is 8.95. The second-order valence-electron chi connectivity index (χ2n) is 13.6. The van der Waals surface area contributed by atoms with E-state index in [1.54, 1.807) is 0 Å². The fraction of sp³-hybridized carbons (Fsp3) is 0.514. The van der Waals surface area contributed by atoms with E-state index in [1.807, 2.05) is 50.0 Å². The molecule has 3 fully saturated rings. The number of rotatable bonds is 7. The highest BCUT2D eigenvalue weighted by Crippen LogP contribution is 2.32. The fourth-order valence-electron chi connectivity index (χ4n) is 6.47. The average Bonchev–Trinajstić information content (AvgIpc) is 3.53. The molecule has 7 rings (SSSR count). The van der Waals surface area contributed by atoms with Crippen LogP contribution in [0.25, 0.3) is 22.4 Å². The normalized spacial score (nSPS) is 19.4. The maximum Gasteiger partial charge on any atom is 0.407 e. The Kier molecular flexibility index (Phi) is 9.31. The maximum absolute atomic E-state index is 12.2. The number of hydrogen-bond donors (Lipinski definition) is 2. The molecule has 0 saturated carbocycles. The van der Waals surface area contributed by atoms with Crippen LogP contribution in [0.2, 0.25) is 0 Å². The van der Waals surface area contributed by atoms with Crippen LogP contribution in [0.15, 0.2) is 48.9 Å². The van der Waals surface area contributed by atoms with E-state index in [1.165, 1.54) is 5.69 Å². The third kappa shape index (κ3) is 7.47. The number of imidazole rings is 1. The summed E-state index contributed by atoms with van der Waals surface area (Å²) in [5.41, 5.74) is 4.55. The monoisotopic (exact) mass is 655 g/mol. The zero-order valence-corrected chi connectivity index (χ0v) is 28.0. The number of benzene rings is 1. The second kappa shape index (κ2) is 13.9. The predicted molar refractivity (Wildman–Crippen MR) is 185 cm³/mol. The molecule has 1 amide bonds. The van der Waals surface area contributed by atoms with E-state index in [-0.39, 0.29) is 18.4 Å². The van der Waals surface area contributed by atoms with Crippen molar-refractivity contribution in [2.45, 2.75) is 70.7 Å². The molecule has 13 heteroatoms. The first-order valence-corrected chi connectivity index (χ1v) is 17.1. The molecule has 1 aromatic carbocycles. The van der Waals surface area contributed by atoms with E-state index in [4.69, 9.17) is 34.1 Å². The molecule has 254 valence electrons. The molecule has 6 heterocycles. The number of amides is 1. The van der Waals surface area contributed by atoms with Crippen molar-refractivity contribution in [3.63, 3.8) is 0 Å². The SMILES string of the molecule is CC(C)(C)OC(=O)NC1CCN(c2ccc(-c3nc(Nc4ccc(N5CCOCC5)cc4)nc4c3ncn4C3CCCCO3)cn2)CC1. The van der Waals surface area contributed by atoms with Gasteiger partial charge in [0.2, 0.25) is 5.95 Å². The number of hydrogen-bond acceptors (Lipinski definition) is 11. The van der Waals surface area contributed by atoms with E-state index in [0.29, 0.717) is 17.2 Å². The fourth-order valence-corrected chi connectivity index (χ4v) is 6.47. The molecule has 0 aliphatic carbocycles. The number of carbonyl (C=O) groups excluding carboxylic acids is 1. The highest BCUT2D eigenvalue weighted by atomic mass is 16.6. The molecule has 0 bridgehead atoms. The second-order valence-corrected chi connectivity index (χ2v) is 13.6. The van der Waals surface area contributed by atoms with Gasteiger partial charge in [-0.2, -0.15) is 4.98 Å². The molecule has 2 N–H and O–H groups in total. The van der Waals surface area contributed by atoms with Crippen LogP contribution in [0.4, 0.5) is 27.9 Å². The van der Waals surface area contributed by atoms with Crippen molar-refractivity contribution in [3.05, 3.63) is 48.9 Å². The molecule has 13 nitrogen and oxygen atoms in total. The van der Waals surface area contributed by atoms with Gasteiger partial charge in [-0.3, -0.25) is 4.57 Å². The van der Waals surface area contributed by atoms with Crippen molar-refractivity contribution < 1.29 is 19.0 Å². The number of nitrogens with zero attached hydrogens (tertiary/aromatic N) is 7. The van der Waals surface area contributed by atoms with Crippen LogP contribution in [0.3, 0.4) is 0 Å². The Morgan fingerprint density at radius 2 is 1.69 bits per heavy atom. The van der Waals surface area contributed by atoms with Crippen molar-refractivity contribution in [1.29, 1.82) is 0 Å². The van der Waals surface area contributed by atoms with E-state index in [0.717, 1.165) is 101 Å². The molecule has 0 spiro atoms. The number of piperidine rings is 1. The third-order valence-electron chi connectivity index (χ3n) is 8.95. The molecule has 48 heavy (non-hydrogen) atoms. The van der Waals surface area contributed by atoms with Gasteiger partial charge < -0.3 is 34.6 Å². The summed E-state index contributed by atoms with van der Waals surface area (Å²) < 4.78 is 19.1. The van der Waals surface area contributed by atoms with Crippen LogP contribution >= 0.6 is 0 Å². The molecular formula is C35H45N9O4. The van der Waals surface area contributed by atoms with E-state index >= 15 is 0 Å². The Bertz CT molecular complexity index is 1680. The van der Waals surface area contributed by atoms with Crippen LogP contribution < -0.4 is 20.4 Å². The van der Waals surface area contributed by atoms with Gasteiger partial charge in [0, 0.05) is 62.0 Å². The maximum atomic E-state index is 12.2. The zero-order chi connectivity index (χ0) is 33.1. The Balaban J connectivity index is 1.10. The standard InChI is InChI=1S/C35H45N9O4/c1-35(2,3)48-34(45)39-26-13-15-43(16-14-26)28-12-7-24(22-36-28)30-31-32(44(23-37-31)29-6-4-5-19-47-29)41-33(40-30)38-25-8-10-27(11-9-25)42-17-20-46-21-18-42/h7-12,22-23,26,29H,4-6,13-21H2,1-3H3,(H,39,45)(H,38,40,41). The van der Waals surface area contributed by atoms with Crippen molar-refractivity contribution in [2.24, 2.45) is 0 Å². The lowest BCUT2D eigenvalue weighted by atomic mass is 10.1. The lowest BCUT2D eigenvalue weighted by Crippen LogP contribution is -2.46. The number of fused-ring (bicyclic) bond motifs is 1. The van der Waals surface area contributed by atoms with Crippen molar-refractivity contribution >= 4 is 40.4 Å². The predicted octanol–water partition coefficient (Wildman–Crippen LogP) is 5.66. The summed E-state index contributed by atoms with van der Waals surface area (Å²) in [6.07, 6.45) is 7.91. The van der Waals surface area contributed by atoms with Gasteiger partial charge in [-0.15, -0.1) is 0 Å². The van der Waals surface area contributed by atoms with Crippen molar-refractivity contribution in [3.8, 4) is 11.3 Å². The first kappa shape index (κ1) is 32.1. The molecule has 1 atom stereocenters. The average molecular weight is 656 g/mol. The van der Waals surface area contributed by atoms with Gasteiger partial charge in [0.05, 0.1) is 19.5 Å². The van der Waals surface area contributed by atoms with Gasteiger partial charge in [-0.25, -0.2) is 19.7 Å². The number of pyridine rings is 1. The lowest BCUT2D eigenvalue weighted by Gasteiger charge is -2.33. The van der Waals surface area contributed by atoms with Crippen LogP contribution in [0.5, 0.6) is 0 Å². The van der Waals surface area contributed by atoms with Crippen LogP contribution in [0, 0.1) is 0 Å². The number of morpholine rings is 1. The summed E-state index contributed by atoms with van der Waals surface area (Å²) in [4.78, 5) is 36.4. The smallest absolute Gasteiger partial charge is 0.407 e. The van der Waals surface area contributed by atoms with Gasteiger partial charge in [-0.05, 0) is 89.3 Å². The van der Waals surface area contributed by atoms with Crippen molar-refractivity contribution in [1.82, 2.24) is 29.8 Å². The molecule has 4 aromatic rings. The number of carbonyl (C=O) groups is 1. The lowest BCUT2D eigenvalue weighted by molar-refractivity contribution is -0.0298. The Morgan fingerprint density at radius 1 is 0.896 bits per heavy atom. The van der Waals surface area contributed by atoms with Gasteiger partial charge in [0.25, 0.3) is 0 Å². The number of anilines is 4. The summed E-state index contributed by atoms with van der Waals surface area (Å²) >= 11 is 0. The van der Waals surface area contributed by atoms with Crippen LogP contribution in [-0.2, 0) is 14.2 Å². The summed E-state index contributed by atoms with van der Waals surface area (Å²) in [5.74, 6) is 1.37. The van der Waals surface area contributed by atoms with Crippen LogP contribution in [-0.4, -0.2) is 88.2 Å². The molecule has 3 saturated heterocycles. The summed E-state index contributed by atoms with van der Waals surface area (Å²) in [6, 6.07) is 12.5. The highest BCUT2D eigenvalue weighted by molar-refractivity contribution is 5.88. The minimum absolute atomic E-state index is 0.0782. The largest absolute Gasteiger partial charge is 0.444 e. The first-order valence-electron chi connectivity index (χ1n) is 17.1. The summed E-state index contributed by atoms with van der Waals surface area (Å²) in [6.45, 7) is 11.2. The zero-order valence-electron chi connectivity index (χ0n) is 28.0. The van der Waals surface area contributed by atoms with E-state index in [2.05, 4.69) is 44.7 Å². The summed E-state index contributed by atoms with van der Waals surface area (Å²) in [5, 5.41) is 6.44. The van der Waals surface area contributed by atoms with Gasteiger partial charge in [0.15, 0.2) is 5.65 Å². The van der Waals surface area contributed by atoms with Gasteiger partial charge >= 0.3 is 6.09 Å². The minimum atomic E-state index is -0.515. The van der Waals surface area contributed by atoms with Crippen LogP contribution in [0.1, 0.15) is 59.1 Å². The number of alkyl carbamates (subject to hydrolysis) is 1. The molecular weight excluding hydrogens is 610 g/mol. The number of ether oxygens (including phenoxy) is 3.